The summed E-state index contributed by atoms with van der Waals surface area (Å²) in [6.07, 6.45) is 1.06. The summed E-state index contributed by atoms with van der Waals surface area (Å²) in [7, 11) is 0. The number of pyridine rings is 1. The zero-order chi connectivity index (χ0) is 14.7. The molecular weight excluding hydrogens is 258 g/mol. The van der Waals surface area contributed by atoms with E-state index in [0.717, 1.165) is 6.20 Å². The summed E-state index contributed by atoms with van der Waals surface area (Å²) in [6.45, 7) is 0. The van der Waals surface area contributed by atoms with E-state index in [1.54, 1.807) is 24.3 Å². The zero-order valence-electron chi connectivity index (χ0n) is 10.2. The van der Waals surface area contributed by atoms with Crippen LogP contribution in [0.1, 0.15) is 26.4 Å². The SMILES string of the molecule is N#Cc1ccccc1-c1cc(C(=O)O)cnc1C(N)=O. The van der Waals surface area contributed by atoms with E-state index in [4.69, 9.17) is 16.1 Å². The van der Waals surface area contributed by atoms with E-state index in [0.29, 0.717) is 11.1 Å². The minimum Gasteiger partial charge on any atom is -0.478 e. The van der Waals surface area contributed by atoms with Crippen LogP contribution in [0, 0.1) is 11.3 Å². The molecule has 0 saturated heterocycles. The van der Waals surface area contributed by atoms with Crippen molar-refractivity contribution in [2.75, 3.05) is 0 Å². The van der Waals surface area contributed by atoms with Crippen molar-refractivity contribution in [3.63, 3.8) is 0 Å². The Morgan fingerprint density at radius 3 is 2.55 bits per heavy atom. The van der Waals surface area contributed by atoms with Crippen molar-refractivity contribution >= 4 is 11.9 Å². The van der Waals surface area contributed by atoms with Gasteiger partial charge < -0.3 is 10.8 Å². The number of nitriles is 1. The lowest BCUT2D eigenvalue weighted by Gasteiger charge is -2.08. The molecule has 2 aromatic rings. The maximum Gasteiger partial charge on any atom is 0.337 e. The Bertz CT molecular complexity index is 748. The monoisotopic (exact) mass is 267 g/mol. The van der Waals surface area contributed by atoms with Gasteiger partial charge in [0.2, 0.25) is 0 Å². The predicted octanol–water partition coefficient (Wildman–Crippen LogP) is 1.42. The molecule has 0 aliphatic heterocycles. The molecule has 2 rings (SSSR count). The van der Waals surface area contributed by atoms with Gasteiger partial charge in [-0.25, -0.2) is 9.78 Å². The highest BCUT2D eigenvalue weighted by atomic mass is 16.4. The van der Waals surface area contributed by atoms with Crippen molar-refractivity contribution in [2.24, 2.45) is 5.73 Å². The van der Waals surface area contributed by atoms with Crippen molar-refractivity contribution in [3.05, 3.63) is 53.3 Å². The van der Waals surface area contributed by atoms with Gasteiger partial charge in [0, 0.05) is 17.3 Å². The first-order valence-electron chi connectivity index (χ1n) is 5.57. The standard InChI is InChI=1S/C14H9N3O3/c15-6-8-3-1-2-4-10(8)11-5-9(14(19)20)7-17-12(11)13(16)18/h1-5,7H,(H2,16,18)(H,19,20). The number of nitrogens with zero attached hydrogens (tertiary/aromatic N) is 2. The Kier molecular flexibility index (Phi) is 3.44. The largest absolute Gasteiger partial charge is 0.478 e. The number of carbonyl (C=O) groups is 2. The first kappa shape index (κ1) is 13.2. The molecule has 0 bridgehead atoms. The first-order chi connectivity index (χ1) is 9.54. The van der Waals surface area contributed by atoms with Gasteiger partial charge in [0.25, 0.3) is 5.91 Å². The van der Waals surface area contributed by atoms with Crippen LogP contribution in [0.15, 0.2) is 36.5 Å². The highest BCUT2D eigenvalue weighted by Gasteiger charge is 2.17. The number of carboxylic acids is 1. The summed E-state index contributed by atoms with van der Waals surface area (Å²) in [5.74, 6) is -1.96. The minimum absolute atomic E-state index is 0.0716. The molecule has 0 saturated carbocycles. The molecule has 1 aromatic heterocycles. The van der Waals surface area contributed by atoms with E-state index in [2.05, 4.69) is 4.98 Å². The molecule has 1 aromatic carbocycles. The number of amides is 1. The number of aromatic carboxylic acids is 1. The molecule has 0 atom stereocenters. The van der Waals surface area contributed by atoms with Gasteiger partial charge >= 0.3 is 5.97 Å². The number of aromatic nitrogens is 1. The second-order valence-electron chi connectivity index (χ2n) is 3.95. The quantitative estimate of drug-likeness (QED) is 0.871. The molecule has 1 heterocycles. The van der Waals surface area contributed by atoms with E-state index in [-0.39, 0.29) is 16.8 Å². The number of nitrogens with two attached hydrogens (primary N) is 1. The summed E-state index contributed by atoms with van der Waals surface area (Å²) >= 11 is 0. The van der Waals surface area contributed by atoms with Crippen LogP contribution in [0.3, 0.4) is 0 Å². The van der Waals surface area contributed by atoms with E-state index < -0.39 is 11.9 Å². The van der Waals surface area contributed by atoms with E-state index in [9.17, 15) is 9.59 Å². The van der Waals surface area contributed by atoms with Gasteiger partial charge in [-0.1, -0.05) is 18.2 Å². The average Bonchev–Trinajstić information content (AvgIpc) is 2.46. The molecule has 0 spiro atoms. The lowest BCUT2D eigenvalue weighted by atomic mass is 9.97. The van der Waals surface area contributed by atoms with Gasteiger partial charge in [0.1, 0.15) is 5.69 Å². The second-order valence-corrected chi connectivity index (χ2v) is 3.95. The number of rotatable bonds is 3. The van der Waals surface area contributed by atoms with Crippen LogP contribution >= 0.6 is 0 Å². The van der Waals surface area contributed by atoms with E-state index in [1.807, 2.05) is 6.07 Å². The van der Waals surface area contributed by atoms with Crippen LogP contribution in [-0.2, 0) is 0 Å². The van der Waals surface area contributed by atoms with Crippen LogP contribution < -0.4 is 5.73 Å². The molecule has 1 amide bonds. The van der Waals surface area contributed by atoms with Crippen LogP contribution in [0.25, 0.3) is 11.1 Å². The van der Waals surface area contributed by atoms with Crippen molar-refractivity contribution < 1.29 is 14.7 Å². The summed E-state index contributed by atoms with van der Waals surface area (Å²) < 4.78 is 0. The van der Waals surface area contributed by atoms with Crippen LogP contribution in [0.2, 0.25) is 0 Å². The zero-order valence-corrected chi connectivity index (χ0v) is 10.2. The van der Waals surface area contributed by atoms with E-state index >= 15 is 0 Å². The number of benzene rings is 1. The van der Waals surface area contributed by atoms with Crippen LogP contribution in [-0.4, -0.2) is 22.0 Å². The number of carboxylic acid groups (broad SMARTS) is 1. The Morgan fingerprint density at radius 2 is 1.95 bits per heavy atom. The molecule has 20 heavy (non-hydrogen) atoms. The minimum atomic E-state index is -1.18. The van der Waals surface area contributed by atoms with Gasteiger partial charge in [-0.3, -0.25) is 4.79 Å². The molecule has 0 fully saturated rings. The third kappa shape index (κ3) is 2.33. The van der Waals surface area contributed by atoms with Crippen molar-refractivity contribution in [1.29, 1.82) is 5.26 Å². The fraction of sp³-hybridized carbons (Fsp3) is 0. The summed E-state index contributed by atoms with van der Waals surface area (Å²) in [4.78, 5) is 26.2. The molecule has 0 aliphatic rings. The molecule has 3 N–H and O–H groups in total. The Labute approximate surface area is 114 Å². The maximum atomic E-state index is 11.4. The van der Waals surface area contributed by atoms with Crippen molar-refractivity contribution in [2.45, 2.75) is 0 Å². The molecule has 0 unspecified atom stereocenters. The van der Waals surface area contributed by atoms with Gasteiger partial charge in [-0.15, -0.1) is 0 Å². The fourth-order valence-electron chi connectivity index (χ4n) is 1.80. The molecular formula is C14H9N3O3. The molecule has 6 nitrogen and oxygen atoms in total. The van der Waals surface area contributed by atoms with Gasteiger partial charge in [-0.05, 0) is 12.1 Å². The van der Waals surface area contributed by atoms with Crippen molar-refractivity contribution in [1.82, 2.24) is 4.98 Å². The van der Waals surface area contributed by atoms with E-state index in [1.165, 1.54) is 6.07 Å². The summed E-state index contributed by atoms with van der Waals surface area (Å²) in [6, 6.07) is 9.77. The van der Waals surface area contributed by atoms with Gasteiger partial charge in [-0.2, -0.15) is 5.26 Å². The number of hydrogen-bond donors (Lipinski definition) is 2. The average molecular weight is 267 g/mol. The van der Waals surface area contributed by atoms with Gasteiger partial charge in [0.05, 0.1) is 17.2 Å². The molecule has 0 radical (unpaired) electrons. The lowest BCUT2D eigenvalue weighted by Crippen LogP contribution is -2.15. The number of carbonyl (C=O) groups excluding carboxylic acids is 1. The molecule has 98 valence electrons. The third-order valence-electron chi connectivity index (χ3n) is 2.71. The summed E-state index contributed by atoms with van der Waals surface area (Å²) in [5, 5.41) is 18.1. The molecule has 0 aliphatic carbocycles. The smallest absolute Gasteiger partial charge is 0.337 e. The van der Waals surface area contributed by atoms with Crippen molar-refractivity contribution in [3.8, 4) is 17.2 Å². The highest BCUT2D eigenvalue weighted by molar-refractivity contribution is 6.00. The lowest BCUT2D eigenvalue weighted by molar-refractivity contribution is 0.0695. The normalized spacial score (nSPS) is 9.75. The van der Waals surface area contributed by atoms with Crippen LogP contribution in [0.5, 0.6) is 0 Å². The third-order valence-corrected chi connectivity index (χ3v) is 2.71. The topological polar surface area (TPSA) is 117 Å². The Balaban J connectivity index is 2.76. The first-order valence-corrected chi connectivity index (χ1v) is 5.57. The predicted molar refractivity (Wildman–Crippen MR) is 69.9 cm³/mol. The van der Waals surface area contributed by atoms with Gasteiger partial charge in [0.15, 0.2) is 0 Å². The fourth-order valence-corrected chi connectivity index (χ4v) is 1.80. The Morgan fingerprint density at radius 1 is 1.25 bits per heavy atom. The number of hydrogen-bond acceptors (Lipinski definition) is 4. The maximum absolute atomic E-state index is 11.4. The summed E-state index contributed by atoms with van der Waals surface area (Å²) in [5.41, 5.74) is 6.03. The highest BCUT2D eigenvalue weighted by Crippen LogP contribution is 2.26. The second kappa shape index (κ2) is 5.20. The molecule has 6 heteroatoms. The number of primary amides is 1. The Hall–Kier alpha value is -3.20. The van der Waals surface area contributed by atoms with Crippen LogP contribution in [0.4, 0.5) is 0 Å².